The van der Waals surface area contributed by atoms with Gasteiger partial charge in [0.2, 0.25) is 15.9 Å². The van der Waals surface area contributed by atoms with Gasteiger partial charge in [-0.05, 0) is 49.4 Å². The van der Waals surface area contributed by atoms with Gasteiger partial charge < -0.3 is 9.88 Å². The van der Waals surface area contributed by atoms with Crippen molar-refractivity contribution >= 4 is 72.3 Å². The molecule has 1 N–H and O–H groups in total. The molecule has 9 heteroatoms. The van der Waals surface area contributed by atoms with E-state index in [1.54, 1.807) is 6.07 Å². The van der Waals surface area contributed by atoms with Crippen LogP contribution >= 0.6 is 23.2 Å². The third-order valence-corrected chi connectivity index (χ3v) is 6.92. The molecule has 4 aromatic rings. The van der Waals surface area contributed by atoms with E-state index in [0.717, 1.165) is 38.9 Å². The predicted octanol–water partition coefficient (Wildman–Crippen LogP) is 5.53. The Morgan fingerprint density at radius 1 is 1.00 bits per heavy atom. The Morgan fingerprint density at radius 3 is 2.44 bits per heavy atom. The van der Waals surface area contributed by atoms with Crippen molar-refractivity contribution < 1.29 is 13.2 Å². The van der Waals surface area contributed by atoms with E-state index in [4.69, 9.17) is 23.2 Å². The third kappa shape index (κ3) is 4.28. The number of rotatable bonds is 6. The molecule has 1 aromatic heterocycles. The molecular weight excluding hydrogens is 469 g/mol. The van der Waals surface area contributed by atoms with Crippen molar-refractivity contribution in [3.63, 3.8) is 0 Å². The van der Waals surface area contributed by atoms with Crippen molar-refractivity contribution in [1.82, 2.24) is 4.57 Å². The third-order valence-electron chi connectivity index (χ3n) is 5.24. The van der Waals surface area contributed by atoms with Gasteiger partial charge in [0.05, 0.1) is 17.0 Å². The van der Waals surface area contributed by atoms with Gasteiger partial charge >= 0.3 is 0 Å². The summed E-state index contributed by atoms with van der Waals surface area (Å²) in [5.41, 5.74) is 2.91. The molecule has 0 radical (unpaired) electrons. The summed E-state index contributed by atoms with van der Waals surface area (Å²) in [4.78, 5) is 12.8. The van der Waals surface area contributed by atoms with E-state index in [-0.39, 0.29) is 10.7 Å². The fourth-order valence-corrected chi connectivity index (χ4v) is 5.16. The number of aromatic nitrogens is 1. The number of hydrogen-bond donors (Lipinski definition) is 1. The highest BCUT2D eigenvalue weighted by Gasteiger charge is 2.23. The maximum Gasteiger partial charge on any atom is 0.245 e. The van der Waals surface area contributed by atoms with Crippen LogP contribution in [0.4, 0.5) is 11.4 Å². The van der Waals surface area contributed by atoms with Crippen LogP contribution in [0.5, 0.6) is 0 Å². The molecule has 0 bridgehead atoms. The minimum atomic E-state index is -3.78. The van der Waals surface area contributed by atoms with Gasteiger partial charge in [0.15, 0.2) is 0 Å². The molecule has 0 aliphatic rings. The number of sulfonamides is 1. The molecule has 1 amide bonds. The molecule has 0 unspecified atom stereocenters. The summed E-state index contributed by atoms with van der Waals surface area (Å²) < 4.78 is 27.9. The summed E-state index contributed by atoms with van der Waals surface area (Å²) in [6, 6.07) is 18.2. The largest absolute Gasteiger partial charge is 0.341 e. The summed E-state index contributed by atoms with van der Waals surface area (Å²) >= 11 is 12.2. The summed E-state index contributed by atoms with van der Waals surface area (Å²) in [6.07, 6.45) is 1.02. The molecule has 32 heavy (non-hydrogen) atoms. The first kappa shape index (κ1) is 22.5. The number of nitrogens with zero attached hydrogens (tertiary/aromatic N) is 2. The molecule has 166 valence electrons. The van der Waals surface area contributed by atoms with Crippen LogP contribution in [0.15, 0.2) is 60.7 Å². The first-order valence-corrected chi connectivity index (χ1v) is 12.5. The number of anilines is 2. The van der Waals surface area contributed by atoms with Crippen LogP contribution in [0.3, 0.4) is 0 Å². The number of benzene rings is 3. The summed E-state index contributed by atoms with van der Waals surface area (Å²) in [6.45, 7) is 2.47. The van der Waals surface area contributed by atoms with E-state index < -0.39 is 22.5 Å². The van der Waals surface area contributed by atoms with Crippen molar-refractivity contribution in [2.75, 3.05) is 22.4 Å². The molecule has 0 aliphatic heterocycles. The fraction of sp³-hybridized carbons (Fsp3) is 0.174. The minimum absolute atomic E-state index is 0.151. The van der Waals surface area contributed by atoms with Gasteiger partial charge in [-0.2, -0.15) is 0 Å². The van der Waals surface area contributed by atoms with E-state index in [9.17, 15) is 13.2 Å². The molecule has 4 rings (SSSR count). The van der Waals surface area contributed by atoms with E-state index in [2.05, 4.69) is 22.9 Å². The normalized spacial score (nSPS) is 11.8. The maximum atomic E-state index is 12.8. The lowest BCUT2D eigenvalue weighted by atomic mass is 10.1. The molecule has 0 fully saturated rings. The SMILES string of the molecule is CCn1c2ccccc2c2cc(NC(=O)CN(c3cc(Cl)ccc3Cl)S(C)(=O)=O)ccc21. The zero-order valence-corrected chi connectivity index (χ0v) is 19.8. The monoisotopic (exact) mass is 489 g/mol. The number of para-hydroxylation sites is 1. The van der Waals surface area contributed by atoms with Gasteiger partial charge in [-0.3, -0.25) is 9.10 Å². The smallest absolute Gasteiger partial charge is 0.245 e. The molecule has 0 spiro atoms. The van der Waals surface area contributed by atoms with Crippen LogP contribution in [0.2, 0.25) is 10.0 Å². The highest BCUT2D eigenvalue weighted by atomic mass is 35.5. The molecule has 1 heterocycles. The van der Waals surface area contributed by atoms with Crippen LogP contribution in [-0.2, 0) is 21.4 Å². The van der Waals surface area contributed by atoms with Crippen molar-refractivity contribution in [2.45, 2.75) is 13.5 Å². The lowest BCUT2D eigenvalue weighted by Gasteiger charge is -2.23. The number of fused-ring (bicyclic) bond motifs is 3. The van der Waals surface area contributed by atoms with Crippen LogP contribution < -0.4 is 9.62 Å². The van der Waals surface area contributed by atoms with E-state index in [1.165, 1.54) is 12.1 Å². The number of carbonyl (C=O) groups is 1. The molecule has 6 nitrogen and oxygen atoms in total. The Hall–Kier alpha value is -2.74. The second kappa shape index (κ2) is 8.65. The average molecular weight is 490 g/mol. The van der Waals surface area contributed by atoms with E-state index in [1.807, 2.05) is 36.4 Å². The number of amides is 1. The van der Waals surface area contributed by atoms with E-state index in [0.29, 0.717) is 10.7 Å². The molecule has 3 aromatic carbocycles. The number of halogens is 2. The molecule has 0 saturated carbocycles. The van der Waals surface area contributed by atoms with Crippen molar-refractivity contribution in [3.05, 3.63) is 70.7 Å². The highest BCUT2D eigenvalue weighted by Crippen LogP contribution is 2.32. The number of hydrogen-bond acceptors (Lipinski definition) is 3. The fourth-order valence-electron chi connectivity index (χ4n) is 3.86. The number of aryl methyl sites for hydroxylation is 1. The first-order valence-electron chi connectivity index (χ1n) is 9.92. The zero-order chi connectivity index (χ0) is 23.0. The van der Waals surface area contributed by atoms with Gasteiger partial charge in [-0.15, -0.1) is 0 Å². The quantitative estimate of drug-likeness (QED) is 0.387. The highest BCUT2D eigenvalue weighted by molar-refractivity contribution is 7.92. The minimum Gasteiger partial charge on any atom is -0.341 e. The van der Waals surface area contributed by atoms with Crippen LogP contribution in [0.1, 0.15) is 6.92 Å². The van der Waals surface area contributed by atoms with Gasteiger partial charge in [-0.1, -0.05) is 41.4 Å². The van der Waals surface area contributed by atoms with Gasteiger partial charge in [0, 0.05) is 39.1 Å². The zero-order valence-electron chi connectivity index (χ0n) is 17.5. The Labute approximate surface area is 196 Å². The maximum absolute atomic E-state index is 12.8. The van der Waals surface area contributed by atoms with E-state index >= 15 is 0 Å². The Balaban J connectivity index is 1.65. The van der Waals surface area contributed by atoms with Crippen molar-refractivity contribution in [2.24, 2.45) is 0 Å². The summed E-state index contributed by atoms with van der Waals surface area (Å²) in [5.74, 6) is -0.495. The molecule has 0 aliphatic carbocycles. The molecular formula is C23H21Cl2N3O3S. The summed E-state index contributed by atoms with van der Waals surface area (Å²) in [7, 11) is -3.78. The van der Waals surface area contributed by atoms with Crippen molar-refractivity contribution in [1.29, 1.82) is 0 Å². The second-order valence-corrected chi connectivity index (χ2v) is 10.2. The van der Waals surface area contributed by atoms with Gasteiger partial charge in [-0.25, -0.2) is 8.42 Å². The molecule has 0 saturated heterocycles. The lowest BCUT2D eigenvalue weighted by molar-refractivity contribution is -0.114. The van der Waals surface area contributed by atoms with Gasteiger partial charge in [0.25, 0.3) is 0 Å². The van der Waals surface area contributed by atoms with Crippen LogP contribution in [-0.4, -0.2) is 31.7 Å². The van der Waals surface area contributed by atoms with Gasteiger partial charge in [0.1, 0.15) is 6.54 Å². The lowest BCUT2D eigenvalue weighted by Crippen LogP contribution is -2.37. The Morgan fingerprint density at radius 2 is 1.72 bits per heavy atom. The van der Waals surface area contributed by atoms with Crippen LogP contribution in [0.25, 0.3) is 21.8 Å². The Kier molecular flexibility index (Phi) is 6.07. The predicted molar refractivity (Wildman–Crippen MR) is 132 cm³/mol. The standard InChI is InChI=1S/C23H21Cl2N3O3S/c1-3-27-20-7-5-4-6-17(20)18-13-16(9-11-21(18)27)26-23(29)14-28(32(2,30)31)22-12-15(24)8-10-19(22)25/h4-13H,3,14H2,1-2H3,(H,26,29). The topological polar surface area (TPSA) is 71.4 Å². The number of nitrogens with one attached hydrogen (secondary N) is 1. The number of carbonyl (C=O) groups excluding carboxylic acids is 1. The Bertz CT molecular complexity index is 1450. The summed E-state index contributed by atoms with van der Waals surface area (Å²) in [5, 5.41) is 5.40. The second-order valence-electron chi connectivity index (χ2n) is 7.41. The average Bonchev–Trinajstić information content (AvgIpc) is 3.06. The first-order chi connectivity index (χ1) is 15.2. The molecule has 0 atom stereocenters. The van der Waals surface area contributed by atoms with Crippen molar-refractivity contribution in [3.8, 4) is 0 Å². The van der Waals surface area contributed by atoms with Crippen LogP contribution in [0, 0.1) is 0 Å².